The van der Waals surface area contributed by atoms with E-state index in [2.05, 4.69) is 5.16 Å². The summed E-state index contributed by atoms with van der Waals surface area (Å²) >= 11 is 0. The van der Waals surface area contributed by atoms with Crippen molar-refractivity contribution >= 4 is 5.84 Å². The van der Waals surface area contributed by atoms with Gasteiger partial charge in [0.25, 0.3) is 0 Å². The van der Waals surface area contributed by atoms with E-state index in [-0.39, 0.29) is 5.84 Å². The maximum absolute atomic E-state index is 8.91. The van der Waals surface area contributed by atoms with Crippen LogP contribution in [0.4, 0.5) is 0 Å². The molecule has 0 aliphatic heterocycles. The van der Waals surface area contributed by atoms with E-state index in [1.54, 1.807) is 0 Å². The Morgan fingerprint density at radius 3 is 2.65 bits per heavy atom. The smallest absolute Gasteiger partial charge is 0.170 e. The summed E-state index contributed by atoms with van der Waals surface area (Å²) in [5.74, 6) is 0.884. The molecule has 0 aliphatic rings. The van der Waals surface area contributed by atoms with Crippen LogP contribution in [0, 0.1) is 6.92 Å². The fourth-order valence-corrected chi connectivity index (χ4v) is 2.12. The number of hydrogen-bond donors (Lipinski definition) is 2. The quantitative estimate of drug-likeness (QED) is 0.388. The maximum Gasteiger partial charge on any atom is 0.170 e. The van der Waals surface area contributed by atoms with E-state index in [1.807, 2.05) is 56.3 Å². The number of nitrogens with zero attached hydrogens (tertiary/aromatic N) is 1. The first kappa shape index (κ1) is 13.9. The predicted octanol–water partition coefficient (Wildman–Crippen LogP) is 3.16. The van der Waals surface area contributed by atoms with Crippen LogP contribution in [-0.4, -0.2) is 17.6 Å². The van der Waals surface area contributed by atoms with Gasteiger partial charge in [-0.1, -0.05) is 41.6 Å². The van der Waals surface area contributed by atoms with Crippen molar-refractivity contribution in [2.75, 3.05) is 6.61 Å². The second-order valence-electron chi connectivity index (χ2n) is 4.46. The van der Waals surface area contributed by atoms with Gasteiger partial charge in [0.05, 0.1) is 6.61 Å². The molecule has 104 valence electrons. The molecule has 2 aromatic rings. The normalized spacial score (nSPS) is 11.4. The van der Waals surface area contributed by atoms with Crippen molar-refractivity contribution in [3.8, 4) is 16.9 Å². The molecule has 0 saturated heterocycles. The lowest BCUT2D eigenvalue weighted by molar-refractivity contribution is 0.318. The summed E-state index contributed by atoms with van der Waals surface area (Å²) in [6.45, 7) is 4.55. The Kier molecular flexibility index (Phi) is 4.25. The second-order valence-corrected chi connectivity index (χ2v) is 4.46. The van der Waals surface area contributed by atoms with Gasteiger partial charge in [-0.2, -0.15) is 0 Å². The van der Waals surface area contributed by atoms with Crippen molar-refractivity contribution < 1.29 is 9.94 Å². The molecular weight excluding hydrogens is 252 g/mol. The minimum Gasteiger partial charge on any atom is -0.493 e. The Bertz CT molecular complexity index is 636. The highest BCUT2D eigenvalue weighted by atomic mass is 16.5. The van der Waals surface area contributed by atoms with Gasteiger partial charge in [0.15, 0.2) is 5.84 Å². The minimum atomic E-state index is 0.0867. The first-order valence-electron chi connectivity index (χ1n) is 6.48. The van der Waals surface area contributed by atoms with Crippen LogP contribution in [0.2, 0.25) is 0 Å². The van der Waals surface area contributed by atoms with Gasteiger partial charge < -0.3 is 15.7 Å². The molecule has 0 amide bonds. The topological polar surface area (TPSA) is 67.8 Å². The lowest BCUT2D eigenvalue weighted by Crippen LogP contribution is -2.14. The van der Waals surface area contributed by atoms with Crippen LogP contribution < -0.4 is 10.5 Å². The van der Waals surface area contributed by atoms with Crippen molar-refractivity contribution in [1.29, 1.82) is 0 Å². The molecule has 0 saturated carbocycles. The van der Waals surface area contributed by atoms with Gasteiger partial charge in [0.1, 0.15) is 5.75 Å². The summed E-state index contributed by atoms with van der Waals surface area (Å²) in [7, 11) is 0. The summed E-state index contributed by atoms with van der Waals surface area (Å²) in [6, 6.07) is 13.5. The number of ether oxygens (including phenoxy) is 1. The zero-order chi connectivity index (χ0) is 14.5. The zero-order valence-corrected chi connectivity index (χ0v) is 11.6. The highest BCUT2D eigenvalue weighted by Gasteiger charge is 2.13. The van der Waals surface area contributed by atoms with Crippen LogP contribution in [0.15, 0.2) is 47.6 Å². The zero-order valence-electron chi connectivity index (χ0n) is 11.6. The van der Waals surface area contributed by atoms with E-state index in [1.165, 1.54) is 0 Å². The molecule has 2 rings (SSSR count). The van der Waals surface area contributed by atoms with Gasteiger partial charge >= 0.3 is 0 Å². The number of amidine groups is 1. The molecule has 0 spiro atoms. The molecule has 0 radical (unpaired) electrons. The molecule has 4 heteroatoms. The van der Waals surface area contributed by atoms with Crippen LogP contribution in [-0.2, 0) is 0 Å². The second kappa shape index (κ2) is 6.10. The lowest BCUT2D eigenvalue weighted by Gasteiger charge is -2.14. The van der Waals surface area contributed by atoms with Crippen LogP contribution in [0.3, 0.4) is 0 Å². The van der Waals surface area contributed by atoms with Gasteiger partial charge in [0, 0.05) is 11.1 Å². The van der Waals surface area contributed by atoms with Crippen molar-refractivity contribution in [3.63, 3.8) is 0 Å². The molecule has 0 bridgehead atoms. The Morgan fingerprint density at radius 2 is 1.95 bits per heavy atom. The van der Waals surface area contributed by atoms with Gasteiger partial charge in [-0.25, -0.2) is 0 Å². The molecule has 4 nitrogen and oxygen atoms in total. The molecule has 2 aromatic carbocycles. The van der Waals surface area contributed by atoms with Crippen LogP contribution in [0.5, 0.6) is 5.75 Å². The van der Waals surface area contributed by atoms with Crippen molar-refractivity contribution in [1.82, 2.24) is 0 Å². The van der Waals surface area contributed by atoms with Crippen molar-refractivity contribution in [3.05, 3.63) is 53.6 Å². The summed E-state index contributed by atoms with van der Waals surface area (Å²) in [6.07, 6.45) is 0. The average molecular weight is 270 g/mol. The minimum absolute atomic E-state index is 0.0867. The van der Waals surface area contributed by atoms with E-state index >= 15 is 0 Å². The third kappa shape index (κ3) is 2.74. The summed E-state index contributed by atoms with van der Waals surface area (Å²) in [4.78, 5) is 0. The van der Waals surface area contributed by atoms with Crippen molar-refractivity contribution in [2.24, 2.45) is 10.9 Å². The summed E-state index contributed by atoms with van der Waals surface area (Å²) < 4.78 is 5.70. The van der Waals surface area contributed by atoms with Crippen LogP contribution in [0.25, 0.3) is 11.1 Å². The Balaban J connectivity index is 2.62. The van der Waals surface area contributed by atoms with E-state index < -0.39 is 0 Å². The molecule has 0 fully saturated rings. The van der Waals surface area contributed by atoms with Gasteiger partial charge in [-0.3, -0.25) is 0 Å². The third-order valence-corrected chi connectivity index (χ3v) is 3.04. The van der Waals surface area contributed by atoms with E-state index in [0.29, 0.717) is 12.2 Å². The molecule has 0 unspecified atom stereocenters. The van der Waals surface area contributed by atoms with Crippen LogP contribution in [0.1, 0.15) is 18.1 Å². The third-order valence-electron chi connectivity index (χ3n) is 3.04. The molecule has 3 N–H and O–H groups in total. The monoisotopic (exact) mass is 270 g/mol. The maximum atomic E-state index is 8.91. The van der Waals surface area contributed by atoms with Gasteiger partial charge in [0.2, 0.25) is 0 Å². The number of hydrogen-bond acceptors (Lipinski definition) is 3. The largest absolute Gasteiger partial charge is 0.493 e. The van der Waals surface area contributed by atoms with Gasteiger partial charge in [-0.05, 0) is 31.0 Å². The predicted molar refractivity (Wildman–Crippen MR) is 80.3 cm³/mol. The Labute approximate surface area is 118 Å². The SMILES string of the molecule is CCOc1cc(C)ccc1-c1ccccc1C(N)=NO. The fourth-order valence-electron chi connectivity index (χ4n) is 2.12. The molecule has 0 heterocycles. The molecule has 0 aromatic heterocycles. The van der Waals surface area contributed by atoms with Crippen LogP contribution >= 0.6 is 0 Å². The number of oxime groups is 1. The van der Waals surface area contributed by atoms with E-state index in [9.17, 15) is 0 Å². The Morgan fingerprint density at radius 1 is 1.20 bits per heavy atom. The number of aryl methyl sites for hydroxylation is 1. The summed E-state index contributed by atoms with van der Waals surface area (Å²) in [5.41, 5.74) is 9.36. The highest BCUT2D eigenvalue weighted by molar-refractivity contribution is 6.03. The Hall–Kier alpha value is -2.49. The van der Waals surface area contributed by atoms with Gasteiger partial charge in [-0.15, -0.1) is 0 Å². The molecule has 0 aliphatic carbocycles. The molecule has 0 atom stereocenters. The number of nitrogens with two attached hydrogens (primary N) is 1. The summed E-state index contributed by atoms with van der Waals surface area (Å²) in [5, 5.41) is 12.0. The standard InChI is InChI=1S/C16H18N2O2/c1-3-20-15-10-11(2)8-9-13(15)12-6-4-5-7-14(12)16(17)18-19/h4-10,19H,3H2,1-2H3,(H2,17,18). The first-order chi connectivity index (χ1) is 9.67. The van der Waals surface area contributed by atoms with Crippen molar-refractivity contribution in [2.45, 2.75) is 13.8 Å². The number of rotatable bonds is 4. The molecule has 20 heavy (non-hydrogen) atoms. The van der Waals surface area contributed by atoms with E-state index in [0.717, 1.165) is 22.4 Å². The highest BCUT2D eigenvalue weighted by Crippen LogP contribution is 2.33. The van der Waals surface area contributed by atoms with E-state index in [4.69, 9.17) is 15.7 Å². The first-order valence-corrected chi connectivity index (χ1v) is 6.48. The lowest BCUT2D eigenvalue weighted by atomic mass is 9.97. The molecular formula is C16H18N2O2. The number of benzene rings is 2. The average Bonchev–Trinajstić information content (AvgIpc) is 2.47. The fraction of sp³-hybridized carbons (Fsp3) is 0.188.